The molecule has 1 heterocycles. The molecule has 0 aliphatic rings. The van der Waals surface area contributed by atoms with Gasteiger partial charge in [-0.2, -0.15) is 0 Å². The largest absolute Gasteiger partial charge is 0.497 e. The minimum absolute atomic E-state index is 0.124. The number of anilines is 1. The Morgan fingerprint density at radius 2 is 2.14 bits per heavy atom. The summed E-state index contributed by atoms with van der Waals surface area (Å²) in [5.74, 6) is 0.481. The highest BCUT2D eigenvalue weighted by atomic mass is 16.5. The number of hydrogen-bond donors (Lipinski definition) is 1. The summed E-state index contributed by atoms with van der Waals surface area (Å²) in [7, 11) is 3.19. The van der Waals surface area contributed by atoms with Crippen LogP contribution in [0.15, 0.2) is 30.5 Å². The molecule has 6 nitrogen and oxygen atoms in total. The Bertz CT molecular complexity index is 630. The average Bonchev–Trinajstić information content (AvgIpc) is 2.50. The Morgan fingerprint density at radius 1 is 1.33 bits per heavy atom. The fourth-order valence-corrected chi connectivity index (χ4v) is 2.14. The molecule has 2 aromatic rings. The number of carboxylic acid groups (broad SMARTS) is 1. The molecule has 1 aromatic heterocycles. The second-order valence-corrected chi connectivity index (χ2v) is 4.53. The number of fused-ring (bicyclic) bond motifs is 1. The monoisotopic (exact) mass is 290 g/mol. The van der Waals surface area contributed by atoms with Crippen LogP contribution in [0, 0.1) is 0 Å². The Kier molecular flexibility index (Phi) is 4.94. The SMILES string of the molecule is COCCN(CC(=O)O)c1nccc2cc(OC)ccc12. The lowest BCUT2D eigenvalue weighted by atomic mass is 10.1. The lowest BCUT2D eigenvalue weighted by molar-refractivity contribution is -0.135. The molecule has 0 aliphatic heterocycles. The highest BCUT2D eigenvalue weighted by Crippen LogP contribution is 2.27. The summed E-state index contributed by atoms with van der Waals surface area (Å²) < 4.78 is 10.2. The number of pyridine rings is 1. The number of carbonyl (C=O) groups is 1. The first kappa shape index (κ1) is 15.1. The van der Waals surface area contributed by atoms with Crippen LogP contribution in [-0.2, 0) is 9.53 Å². The summed E-state index contributed by atoms with van der Waals surface area (Å²) in [6.45, 7) is 0.768. The van der Waals surface area contributed by atoms with Gasteiger partial charge in [0.25, 0.3) is 0 Å². The Balaban J connectivity index is 2.43. The van der Waals surface area contributed by atoms with Crippen LogP contribution >= 0.6 is 0 Å². The minimum atomic E-state index is -0.904. The summed E-state index contributed by atoms with van der Waals surface area (Å²) >= 11 is 0. The van der Waals surface area contributed by atoms with Gasteiger partial charge in [-0.25, -0.2) is 4.98 Å². The lowest BCUT2D eigenvalue weighted by Gasteiger charge is -2.22. The fraction of sp³-hybridized carbons (Fsp3) is 0.333. The molecule has 0 saturated carbocycles. The molecule has 0 spiro atoms. The van der Waals surface area contributed by atoms with Crippen LogP contribution in [-0.4, -0.2) is 50.0 Å². The lowest BCUT2D eigenvalue weighted by Crippen LogP contribution is -2.33. The van der Waals surface area contributed by atoms with Crippen molar-refractivity contribution in [1.29, 1.82) is 0 Å². The second-order valence-electron chi connectivity index (χ2n) is 4.53. The van der Waals surface area contributed by atoms with E-state index >= 15 is 0 Å². The zero-order valence-corrected chi connectivity index (χ0v) is 12.1. The van der Waals surface area contributed by atoms with E-state index in [1.54, 1.807) is 25.3 Å². The summed E-state index contributed by atoms with van der Waals surface area (Å²) in [5, 5.41) is 10.9. The number of benzene rings is 1. The average molecular weight is 290 g/mol. The normalized spacial score (nSPS) is 10.6. The molecule has 0 unspecified atom stereocenters. The van der Waals surface area contributed by atoms with Crippen LogP contribution in [0.25, 0.3) is 10.8 Å². The maximum Gasteiger partial charge on any atom is 0.323 e. The molecular weight excluding hydrogens is 272 g/mol. The molecular formula is C15H18N2O4. The highest BCUT2D eigenvalue weighted by molar-refractivity contribution is 5.94. The van der Waals surface area contributed by atoms with Crippen LogP contribution in [0.3, 0.4) is 0 Å². The molecule has 112 valence electrons. The summed E-state index contributed by atoms with van der Waals surface area (Å²) in [4.78, 5) is 17.1. The van der Waals surface area contributed by atoms with E-state index in [9.17, 15) is 4.79 Å². The number of hydrogen-bond acceptors (Lipinski definition) is 5. The molecule has 0 amide bonds. The van der Waals surface area contributed by atoms with Gasteiger partial charge in [-0.15, -0.1) is 0 Å². The molecule has 0 atom stereocenters. The Morgan fingerprint density at radius 3 is 2.81 bits per heavy atom. The van der Waals surface area contributed by atoms with Crippen molar-refractivity contribution in [2.75, 3.05) is 38.8 Å². The quantitative estimate of drug-likeness (QED) is 0.838. The van der Waals surface area contributed by atoms with E-state index in [0.717, 1.165) is 16.5 Å². The number of rotatable bonds is 7. The molecule has 1 aromatic carbocycles. The van der Waals surface area contributed by atoms with E-state index < -0.39 is 5.97 Å². The van der Waals surface area contributed by atoms with Crippen molar-refractivity contribution in [3.63, 3.8) is 0 Å². The molecule has 6 heteroatoms. The first-order valence-corrected chi connectivity index (χ1v) is 6.54. The number of carboxylic acids is 1. The summed E-state index contributed by atoms with van der Waals surface area (Å²) in [6, 6.07) is 7.49. The van der Waals surface area contributed by atoms with Crippen molar-refractivity contribution in [3.8, 4) is 5.75 Å². The number of methoxy groups -OCH3 is 2. The Labute approximate surface area is 122 Å². The third-order valence-electron chi connectivity index (χ3n) is 3.14. The van der Waals surface area contributed by atoms with E-state index in [0.29, 0.717) is 19.0 Å². The number of ether oxygens (including phenoxy) is 2. The smallest absolute Gasteiger partial charge is 0.323 e. The van der Waals surface area contributed by atoms with Crippen LogP contribution < -0.4 is 9.64 Å². The zero-order valence-electron chi connectivity index (χ0n) is 12.1. The third kappa shape index (κ3) is 3.61. The van der Waals surface area contributed by atoms with E-state index in [1.807, 2.05) is 24.3 Å². The van der Waals surface area contributed by atoms with Gasteiger partial charge in [0.2, 0.25) is 0 Å². The summed E-state index contributed by atoms with van der Waals surface area (Å²) in [5.41, 5.74) is 0. The van der Waals surface area contributed by atoms with E-state index in [1.165, 1.54) is 0 Å². The van der Waals surface area contributed by atoms with Gasteiger partial charge in [-0.3, -0.25) is 4.79 Å². The predicted molar refractivity (Wildman–Crippen MR) is 80.0 cm³/mol. The molecule has 1 N–H and O–H groups in total. The van der Waals surface area contributed by atoms with Crippen molar-refractivity contribution >= 4 is 22.6 Å². The van der Waals surface area contributed by atoms with Crippen molar-refractivity contribution in [3.05, 3.63) is 30.5 Å². The van der Waals surface area contributed by atoms with Crippen LogP contribution in [0.4, 0.5) is 5.82 Å². The number of aliphatic carboxylic acids is 1. The topological polar surface area (TPSA) is 71.9 Å². The molecule has 0 saturated heterocycles. The second kappa shape index (κ2) is 6.90. The van der Waals surface area contributed by atoms with Crippen molar-refractivity contribution in [1.82, 2.24) is 4.98 Å². The molecule has 21 heavy (non-hydrogen) atoms. The highest BCUT2D eigenvalue weighted by Gasteiger charge is 2.15. The molecule has 0 radical (unpaired) electrons. The molecule has 0 bridgehead atoms. The maximum absolute atomic E-state index is 11.1. The van der Waals surface area contributed by atoms with E-state index in [4.69, 9.17) is 14.6 Å². The van der Waals surface area contributed by atoms with Gasteiger partial charge in [0.15, 0.2) is 0 Å². The van der Waals surface area contributed by atoms with Gasteiger partial charge in [0.1, 0.15) is 18.1 Å². The van der Waals surface area contributed by atoms with Crippen molar-refractivity contribution in [2.24, 2.45) is 0 Å². The summed E-state index contributed by atoms with van der Waals surface area (Å²) in [6.07, 6.45) is 1.67. The van der Waals surface area contributed by atoms with Gasteiger partial charge in [-0.05, 0) is 29.7 Å². The standard InChI is InChI=1S/C15H18N2O4/c1-20-8-7-17(10-14(18)19)15-13-4-3-12(21-2)9-11(13)5-6-16-15/h3-6,9H,7-8,10H2,1-2H3,(H,18,19). The van der Waals surface area contributed by atoms with Crippen LogP contribution in [0.5, 0.6) is 5.75 Å². The van der Waals surface area contributed by atoms with Gasteiger partial charge < -0.3 is 19.5 Å². The van der Waals surface area contributed by atoms with E-state index in [-0.39, 0.29) is 6.54 Å². The Hall–Kier alpha value is -2.34. The maximum atomic E-state index is 11.1. The van der Waals surface area contributed by atoms with Crippen LogP contribution in [0.1, 0.15) is 0 Å². The first-order valence-electron chi connectivity index (χ1n) is 6.54. The number of nitrogens with zero attached hydrogens (tertiary/aromatic N) is 2. The first-order chi connectivity index (χ1) is 10.2. The van der Waals surface area contributed by atoms with E-state index in [2.05, 4.69) is 4.98 Å². The van der Waals surface area contributed by atoms with Gasteiger partial charge in [-0.1, -0.05) is 0 Å². The predicted octanol–water partition coefficient (Wildman–Crippen LogP) is 1.78. The number of aromatic nitrogens is 1. The van der Waals surface area contributed by atoms with Gasteiger partial charge in [0, 0.05) is 25.2 Å². The van der Waals surface area contributed by atoms with Crippen LogP contribution in [0.2, 0.25) is 0 Å². The van der Waals surface area contributed by atoms with Gasteiger partial charge >= 0.3 is 5.97 Å². The fourth-order valence-electron chi connectivity index (χ4n) is 2.14. The minimum Gasteiger partial charge on any atom is -0.497 e. The zero-order chi connectivity index (χ0) is 15.2. The van der Waals surface area contributed by atoms with Crippen molar-refractivity contribution in [2.45, 2.75) is 0 Å². The molecule has 0 fully saturated rings. The molecule has 0 aliphatic carbocycles. The molecule has 2 rings (SSSR count). The third-order valence-corrected chi connectivity index (χ3v) is 3.14. The van der Waals surface area contributed by atoms with Crippen molar-refractivity contribution < 1.29 is 19.4 Å². The van der Waals surface area contributed by atoms with Gasteiger partial charge in [0.05, 0.1) is 13.7 Å².